The highest BCUT2D eigenvalue weighted by Crippen LogP contribution is 2.26. The van der Waals surface area contributed by atoms with Gasteiger partial charge in [-0.05, 0) is 13.0 Å². The predicted octanol–water partition coefficient (Wildman–Crippen LogP) is 3.11. The number of halogens is 1. The van der Waals surface area contributed by atoms with Gasteiger partial charge in [0.05, 0.1) is 16.5 Å². The third-order valence-electron chi connectivity index (χ3n) is 2.28. The minimum absolute atomic E-state index is 0.141. The lowest BCUT2D eigenvalue weighted by atomic mass is 10.2. The van der Waals surface area contributed by atoms with Crippen LogP contribution in [0.1, 0.15) is 9.88 Å². The first-order chi connectivity index (χ1) is 8.56. The molecule has 0 aliphatic heterocycles. The summed E-state index contributed by atoms with van der Waals surface area (Å²) in [6.45, 7) is 2.26. The number of thiazole rings is 1. The number of aryl methyl sites for hydroxylation is 1. The van der Waals surface area contributed by atoms with E-state index in [1.807, 2.05) is 6.92 Å². The molecule has 1 aromatic heterocycles. The van der Waals surface area contributed by atoms with Crippen molar-refractivity contribution in [1.82, 2.24) is 4.98 Å². The second-order valence-electron chi connectivity index (χ2n) is 3.62. The van der Waals surface area contributed by atoms with Gasteiger partial charge in [0, 0.05) is 23.2 Å². The number of nitro groups is 1. The lowest BCUT2D eigenvalue weighted by Crippen LogP contribution is -2.02. The first-order valence-corrected chi connectivity index (χ1v) is 5.97. The van der Waals surface area contributed by atoms with Gasteiger partial charge in [-0.15, -0.1) is 11.3 Å². The van der Waals surface area contributed by atoms with Crippen LogP contribution in [0.3, 0.4) is 0 Å². The summed E-state index contributed by atoms with van der Waals surface area (Å²) in [7, 11) is 0. The van der Waals surface area contributed by atoms with Crippen LogP contribution in [0, 0.1) is 22.9 Å². The van der Waals surface area contributed by atoms with Crippen LogP contribution in [-0.2, 0) is 6.54 Å². The highest BCUT2D eigenvalue weighted by molar-refractivity contribution is 7.11. The molecule has 0 saturated heterocycles. The molecule has 0 atom stereocenters. The maximum atomic E-state index is 13.1. The van der Waals surface area contributed by atoms with Crippen molar-refractivity contribution < 1.29 is 9.31 Å². The number of hydrogen-bond acceptors (Lipinski definition) is 5. The van der Waals surface area contributed by atoms with Gasteiger partial charge in [0.25, 0.3) is 5.69 Å². The van der Waals surface area contributed by atoms with Crippen molar-refractivity contribution in [2.24, 2.45) is 0 Å². The predicted molar refractivity (Wildman–Crippen MR) is 67.2 cm³/mol. The number of nitrogens with one attached hydrogen (secondary N) is 1. The van der Waals surface area contributed by atoms with Gasteiger partial charge in [0.2, 0.25) is 0 Å². The Labute approximate surface area is 106 Å². The second kappa shape index (κ2) is 5.09. The van der Waals surface area contributed by atoms with Gasteiger partial charge in [0.1, 0.15) is 11.5 Å². The fourth-order valence-electron chi connectivity index (χ4n) is 1.48. The van der Waals surface area contributed by atoms with Crippen molar-refractivity contribution in [3.8, 4) is 0 Å². The normalized spacial score (nSPS) is 10.3. The van der Waals surface area contributed by atoms with Gasteiger partial charge >= 0.3 is 0 Å². The first kappa shape index (κ1) is 12.4. The quantitative estimate of drug-likeness (QED) is 0.682. The number of rotatable bonds is 4. The fraction of sp³-hybridized carbons (Fsp3) is 0.182. The van der Waals surface area contributed by atoms with Crippen LogP contribution >= 0.6 is 11.3 Å². The molecule has 1 heterocycles. The SMILES string of the molecule is Cc1ncc(CNc2cc(F)ccc2[N+](=O)[O-])s1. The summed E-state index contributed by atoms with van der Waals surface area (Å²) < 4.78 is 13.1. The van der Waals surface area contributed by atoms with Gasteiger partial charge in [-0.3, -0.25) is 10.1 Å². The lowest BCUT2D eigenvalue weighted by Gasteiger charge is -2.05. The van der Waals surface area contributed by atoms with Gasteiger partial charge in [-0.2, -0.15) is 0 Å². The molecule has 1 N–H and O–H groups in total. The van der Waals surface area contributed by atoms with Crippen molar-refractivity contribution in [1.29, 1.82) is 0 Å². The van der Waals surface area contributed by atoms with E-state index in [9.17, 15) is 14.5 Å². The number of nitro benzene ring substituents is 1. The van der Waals surface area contributed by atoms with E-state index in [1.54, 1.807) is 6.20 Å². The third kappa shape index (κ3) is 2.80. The van der Waals surface area contributed by atoms with E-state index in [0.717, 1.165) is 28.1 Å². The average Bonchev–Trinajstić information content (AvgIpc) is 2.72. The Bertz CT molecular complexity index is 585. The Hall–Kier alpha value is -2.02. The van der Waals surface area contributed by atoms with Crippen LogP contribution in [0.2, 0.25) is 0 Å². The molecule has 0 amide bonds. The average molecular weight is 267 g/mol. The third-order valence-corrected chi connectivity index (χ3v) is 3.19. The van der Waals surface area contributed by atoms with Crippen molar-refractivity contribution in [2.75, 3.05) is 5.32 Å². The minimum atomic E-state index is -0.542. The summed E-state index contributed by atoms with van der Waals surface area (Å²) in [5, 5.41) is 14.6. The minimum Gasteiger partial charge on any atom is -0.374 e. The molecular formula is C11H10FN3O2S. The van der Waals surface area contributed by atoms with Crippen molar-refractivity contribution >= 4 is 22.7 Å². The Balaban J connectivity index is 2.17. The van der Waals surface area contributed by atoms with E-state index in [4.69, 9.17) is 0 Å². The largest absolute Gasteiger partial charge is 0.374 e. The molecule has 2 aromatic rings. The number of hydrogen-bond donors (Lipinski definition) is 1. The van der Waals surface area contributed by atoms with E-state index in [2.05, 4.69) is 10.3 Å². The van der Waals surface area contributed by atoms with Gasteiger partial charge in [0.15, 0.2) is 0 Å². The smallest absolute Gasteiger partial charge is 0.292 e. The Kier molecular flexibility index (Phi) is 3.52. The number of aromatic nitrogens is 1. The molecule has 0 aliphatic carbocycles. The molecule has 5 nitrogen and oxygen atoms in total. The van der Waals surface area contributed by atoms with Crippen LogP contribution in [0.4, 0.5) is 15.8 Å². The highest BCUT2D eigenvalue weighted by Gasteiger charge is 2.14. The van der Waals surface area contributed by atoms with Crippen LogP contribution in [0.25, 0.3) is 0 Å². The molecule has 94 valence electrons. The lowest BCUT2D eigenvalue weighted by molar-refractivity contribution is -0.384. The zero-order valence-electron chi connectivity index (χ0n) is 9.51. The van der Waals surface area contributed by atoms with E-state index >= 15 is 0 Å². The number of anilines is 1. The Morgan fingerprint density at radius 2 is 2.33 bits per heavy atom. The molecule has 1 aromatic carbocycles. The summed E-state index contributed by atoms with van der Waals surface area (Å²) >= 11 is 1.49. The second-order valence-corrected chi connectivity index (χ2v) is 4.94. The molecule has 0 fully saturated rings. The van der Waals surface area contributed by atoms with Crippen molar-refractivity contribution in [3.63, 3.8) is 0 Å². The van der Waals surface area contributed by atoms with Gasteiger partial charge in [-0.1, -0.05) is 0 Å². The van der Waals surface area contributed by atoms with Gasteiger partial charge in [-0.25, -0.2) is 9.37 Å². The molecule has 0 bridgehead atoms. The summed E-state index contributed by atoms with van der Waals surface area (Å²) in [4.78, 5) is 15.3. The molecule has 7 heteroatoms. The molecule has 2 rings (SSSR count). The molecule has 0 spiro atoms. The maximum Gasteiger partial charge on any atom is 0.292 e. The van der Waals surface area contributed by atoms with Crippen LogP contribution in [0.5, 0.6) is 0 Å². The molecule has 0 unspecified atom stereocenters. The summed E-state index contributed by atoms with van der Waals surface area (Å²) in [5.74, 6) is -0.511. The Morgan fingerprint density at radius 3 is 2.94 bits per heavy atom. The summed E-state index contributed by atoms with van der Waals surface area (Å²) in [5.41, 5.74) is 0.0312. The fourth-order valence-corrected chi connectivity index (χ4v) is 2.21. The highest BCUT2D eigenvalue weighted by atomic mass is 32.1. The maximum absolute atomic E-state index is 13.1. The molecule has 0 saturated carbocycles. The van der Waals surface area contributed by atoms with Crippen LogP contribution in [0.15, 0.2) is 24.4 Å². The Morgan fingerprint density at radius 1 is 1.56 bits per heavy atom. The van der Waals surface area contributed by atoms with E-state index < -0.39 is 10.7 Å². The topological polar surface area (TPSA) is 68.1 Å². The van der Waals surface area contributed by atoms with E-state index in [-0.39, 0.29) is 11.4 Å². The first-order valence-electron chi connectivity index (χ1n) is 5.15. The number of nitrogens with zero attached hydrogens (tertiary/aromatic N) is 2. The van der Waals surface area contributed by atoms with Gasteiger partial charge < -0.3 is 5.32 Å². The molecular weight excluding hydrogens is 257 g/mol. The number of benzene rings is 1. The summed E-state index contributed by atoms with van der Waals surface area (Å²) in [6.07, 6.45) is 1.69. The van der Waals surface area contributed by atoms with Crippen LogP contribution in [-0.4, -0.2) is 9.91 Å². The van der Waals surface area contributed by atoms with Crippen LogP contribution < -0.4 is 5.32 Å². The van der Waals surface area contributed by atoms with E-state index in [0.29, 0.717) is 6.54 Å². The molecule has 0 radical (unpaired) electrons. The van der Waals surface area contributed by atoms with Crippen molar-refractivity contribution in [2.45, 2.75) is 13.5 Å². The van der Waals surface area contributed by atoms with E-state index in [1.165, 1.54) is 11.3 Å². The molecule has 0 aliphatic rings. The molecule has 18 heavy (non-hydrogen) atoms. The zero-order chi connectivity index (χ0) is 13.1. The monoisotopic (exact) mass is 267 g/mol. The zero-order valence-corrected chi connectivity index (χ0v) is 10.3. The van der Waals surface area contributed by atoms with Crippen molar-refractivity contribution in [3.05, 3.63) is 50.2 Å². The standard InChI is InChI=1S/C11H10FN3O2S/c1-7-13-5-9(18-7)6-14-10-4-8(12)2-3-11(10)15(16)17/h2-5,14H,6H2,1H3. The summed E-state index contributed by atoms with van der Waals surface area (Å²) in [6, 6.07) is 3.34.